The average molecular weight is 237 g/mol. The zero-order chi connectivity index (χ0) is 11.8. The van der Waals surface area contributed by atoms with Crippen molar-refractivity contribution >= 4 is 11.8 Å². The first kappa shape index (κ1) is 13.6. The lowest BCUT2D eigenvalue weighted by Gasteiger charge is -2.13. The van der Waals surface area contributed by atoms with Crippen molar-refractivity contribution in [3.8, 4) is 0 Å². The number of rotatable bonds is 7. The Kier molecular flexibility index (Phi) is 6.58. The highest BCUT2D eigenvalue weighted by Gasteiger charge is 2.03. The summed E-state index contributed by atoms with van der Waals surface area (Å²) < 4.78 is 0. The van der Waals surface area contributed by atoms with Crippen LogP contribution >= 0.6 is 11.8 Å². The van der Waals surface area contributed by atoms with Gasteiger partial charge in [0.1, 0.15) is 0 Å². The zero-order valence-corrected chi connectivity index (χ0v) is 11.4. The van der Waals surface area contributed by atoms with E-state index in [4.69, 9.17) is 0 Å². The van der Waals surface area contributed by atoms with Crippen LogP contribution in [0.4, 0.5) is 0 Å². The molecule has 90 valence electrons. The maximum atomic E-state index is 3.46. The molecule has 0 aliphatic heterocycles. The number of thioether (sulfide) groups is 1. The van der Waals surface area contributed by atoms with E-state index in [9.17, 15) is 0 Å². The largest absolute Gasteiger partial charge is 0.316 e. The van der Waals surface area contributed by atoms with E-state index in [-0.39, 0.29) is 0 Å². The standard InChI is InChI=1S/C14H23NS/c1-4-9-15-10-13(3)16-11-14-8-6-5-7-12(14)2/h5-8,13,15H,4,9-11H2,1-3H3. The topological polar surface area (TPSA) is 12.0 Å². The quantitative estimate of drug-likeness (QED) is 0.727. The molecule has 0 fully saturated rings. The Hall–Kier alpha value is -0.470. The first-order valence-electron chi connectivity index (χ1n) is 6.11. The third kappa shape index (κ3) is 5.04. The second kappa shape index (κ2) is 7.75. The summed E-state index contributed by atoms with van der Waals surface area (Å²) >= 11 is 2.03. The summed E-state index contributed by atoms with van der Waals surface area (Å²) in [4.78, 5) is 0. The van der Waals surface area contributed by atoms with E-state index < -0.39 is 0 Å². The molecule has 1 N–H and O–H groups in total. The van der Waals surface area contributed by atoms with Crippen molar-refractivity contribution in [2.45, 2.75) is 38.2 Å². The van der Waals surface area contributed by atoms with Gasteiger partial charge in [-0.15, -0.1) is 0 Å². The Morgan fingerprint density at radius 1 is 1.31 bits per heavy atom. The van der Waals surface area contributed by atoms with Crippen molar-refractivity contribution in [2.75, 3.05) is 13.1 Å². The fraction of sp³-hybridized carbons (Fsp3) is 0.571. The SMILES string of the molecule is CCCNCC(C)SCc1ccccc1C. The molecule has 0 spiro atoms. The van der Waals surface area contributed by atoms with E-state index in [2.05, 4.69) is 50.4 Å². The minimum atomic E-state index is 0.686. The molecular weight excluding hydrogens is 214 g/mol. The second-order valence-corrected chi connectivity index (χ2v) is 5.68. The Labute approximate surface area is 104 Å². The maximum Gasteiger partial charge on any atom is 0.0190 e. The molecule has 16 heavy (non-hydrogen) atoms. The van der Waals surface area contributed by atoms with Gasteiger partial charge in [-0.25, -0.2) is 0 Å². The Morgan fingerprint density at radius 3 is 2.75 bits per heavy atom. The molecule has 0 radical (unpaired) electrons. The van der Waals surface area contributed by atoms with Crippen molar-refractivity contribution in [1.82, 2.24) is 5.32 Å². The highest BCUT2D eigenvalue weighted by Crippen LogP contribution is 2.19. The molecule has 0 heterocycles. The van der Waals surface area contributed by atoms with Gasteiger partial charge in [-0.1, -0.05) is 38.1 Å². The number of benzene rings is 1. The normalized spacial score (nSPS) is 12.7. The third-order valence-corrected chi connectivity index (χ3v) is 3.86. The van der Waals surface area contributed by atoms with Crippen molar-refractivity contribution < 1.29 is 0 Å². The lowest BCUT2D eigenvalue weighted by atomic mass is 10.1. The summed E-state index contributed by atoms with van der Waals surface area (Å²) in [6.45, 7) is 8.94. The number of hydrogen-bond donors (Lipinski definition) is 1. The predicted molar refractivity (Wildman–Crippen MR) is 75.1 cm³/mol. The molecule has 1 aromatic carbocycles. The van der Waals surface area contributed by atoms with Crippen LogP contribution in [-0.4, -0.2) is 18.3 Å². The van der Waals surface area contributed by atoms with Gasteiger partial charge in [0, 0.05) is 17.5 Å². The fourth-order valence-electron chi connectivity index (χ4n) is 1.55. The molecule has 1 aromatic rings. The van der Waals surface area contributed by atoms with Crippen LogP contribution in [0.25, 0.3) is 0 Å². The van der Waals surface area contributed by atoms with E-state index in [1.54, 1.807) is 0 Å². The maximum absolute atomic E-state index is 3.46. The predicted octanol–water partition coefficient (Wildman–Crippen LogP) is 3.62. The molecule has 0 saturated carbocycles. The van der Waals surface area contributed by atoms with Crippen molar-refractivity contribution in [3.63, 3.8) is 0 Å². The first-order chi connectivity index (χ1) is 7.74. The Morgan fingerprint density at radius 2 is 2.06 bits per heavy atom. The summed E-state index contributed by atoms with van der Waals surface area (Å²) in [6.07, 6.45) is 1.22. The molecular formula is C14H23NS. The summed E-state index contributed by atoms with van der Waals surface area (Å²) in [6, 6.07) is 8.66. The van der Waals surface area contributed by atoms with Crippen molar-refractivity contribution in [1.29, 1.82) is 0 Å². The van der Waals surface area contributed by atoms with Gasteiger partial charge >= 0.3 is 0 Å². The van der Waals surface area contributed by atoms with Crippen LogP contribution in [0.5, 0.6) is 0 Å². The van der Waals surface area contributed by atoms with Crippen molar-refractivity contribution in [2.24, 2.45) is 0 Å². The van der Waals surface area contributed by atoms with Gasteiger partial charge in [0.05, 0.1) is 0 Å². The molecule has 0 bridgehead atoms. The van der Waals surface area contributed by atoms with Crippen LogP contribution in [0.2, 0.25) is 0 Å². The van der Waals surface area contributed by atoms with E-state index in [1.165, 1.54) is 17.5 Å². The van der Waals surface area contributed by atoms with Gasteiger partial charge in [-0.2, -0.15) is 11.8 Å². The van der Waals surface area contributed by atoms with Crippen LogP contribution in [0, 0.1) is 6.92 Å². The summed E-state index contributed by atoms with van der Waals surface area (Å²) in [5.41, 5.74) is 2.87. The Bertz CT molecular complexity index is 299. The summed E-state index contributed by atoms with van der Waals surface area (Å²) in [5.74, 6) is 1.13. The highest BCUT2D eigenvalue weighted by atomic mass is 32.2. The van der Waals surface area contributed by atoms with Gasteiger partial charge in [-0.3, -0.25) is 0 Å². The van der Waals surface area contributed by atoms with Gasteiger partial charge in [0.25, 0.3) is 0 Å². The van der Waals surface area contributed by atoms with Gasteiger partial charge in [0.2, 0.25) is 0 Å². The molecule has 1 unspecified atom stereocenters. The van der Waals surface area contributed by atoms with E-state index in [1.807, 2.05) is 11.8 Å². The Balaban J connectivity index is 2.26. The van der Waals surface area contributed by atoms with E-state index in [0.29, 0.717) is 5.25 Å². The van der Waals surface area contributed by atoms with Crippen LogP contribution in [0.15, 0.2) is 24.3 Å². The van der Waals surface area contributed by atoms with E-state index in [0.717, 1.165) is 18.8 Å². The molecule has 0 aliphatic carbocycles. The van der Waals surface area contributed by atoms with Crippen LogP contribution in [0.3, 0.4) is 0 Å². The molecule has 0 saturated heterocycles. The number of aryl methyl sites for hydroxylation is 1. The van der Waals surface area contributed by atoms with Crippen LogP contribution in [0.1, 0.15) is 31.4 Å². The van der Waals surface area contributed by atoms with Gasteiger partial charge in [-0.05, 0) is 31.0 Å². The minimum Gasteiger partial charge on any atom is -0.316 e. The molecule has 1 atom stereocenters. The zero-order valence-electron chi connectivity index (χ0n) is 10.6. The summed E-state index contributed by atoms with van der Waals surface area (Å²) in [5, 5.41) is 4.15. The third-order valence-electron chi connectivity index (χ3n) is 2.64. The molecule has 1 nitrogen and oxygen atoms in total. The summed E-state index contributed by atoms with van der Waals surface area (Å²) in [7, 11) is 0. The minimum absolute atomic E-state index is 0.686. The lowest BCUT2D eigenvalue weighted by Crippen LogP contribution is -2.23. The van der Waals surface area contributed by atoms with E-state index >= 15 is 0 Å². The molecule has 0 aromatic heterocycles. The smallest absolute Gasteiger partial charge is 0.0190 e. The molecule has 2 heteroatoms. The molecule has 0 aliphatic rings. The van der Waals surface area contributed by atoms with Crippen LogP contribution < -0.4 is 5.32 Å². The van der Waals surface area contributed by atoms with Crippen LogP contribution in [-0.2, 0) is 5.75 Å². The number of nitrogens with one attached hydrogen (secondary N) is 1. The highest BCUT2D eigenvalue weighted by molar-refractivity contribution is 7.99. The second-order valence-electron chi connectivity index (χ2n) is 4.25. The molecule has 0 amide bonds. The fourth-order valence-corrected chi connectivity index (χ4v) is 2.57. The monoisotopic (exact) mass is 237 g/mol. The lowest BCUT2D eigenvalue weighted by molar-refractivity contribution is 0.669. The van der Waals surface area contributed by atoms with Gasteiger partial charge < -0.3 is 5.32 Å². The van der Waals surface area contributed by atoms with Crippen molar-refractivity contribution in [3.05, 3.63) is 35.4 Å². The number of hydrogen-bond acceptors (Lipinski definition) is 2. The first-order valence-corrected chi connectivity index (χ1v) is 7.15. The van der Waals surface area contributed by atoms with Gasteiger partial charge in [0.15, 0.2) is 0 Å². The molecule has 1 rings (SSSR count). The average Bonchev–Trinajstić information content (AvgIpc) is 2.28.